The fourth-order valence-corrected chi connectivity index (χ4v) is 3.42. The largest absolute Gasteiger partial charge is 0.327 e. The Bertz CT molecular complexity index is 240. The van der Waals surface area contributed by atoms with Crippen molar-refractivity contribution >= 4 is 9.84 Å². The maximum atomic E-state index is 11.9. The van der Waals surface area contributed by atoms with Crippen LogP contribution in [-0.4, -0.2) is 32.6 Å². The van der Waals surface area contributed by atoms with Crippen LogP contribution in [-0.2, 0) is 9.84 Å². The summed E-state index contributed by atoms with van der Waals surface area (Å²) in [6.45, 7) is -0.461. The van der Waals surface area contributed by atoms with Crippen molar-refractivity contribution in [2.45, 2.75) is 18.9 Å². The molecule has 0 radical (unpaired) electrons. The van der Waals surface area contributed by atoms with E-state index in [4.69, 9.17) is 5.73 Å². The molecule has 2 unspecified atom stereocenters. The summed E-state index contributed by atoms with van der Waals surface area (Å²) in [5.41, 5.74) is 5.61. The summed E-state index contributed by atoms with van der Waals surface area (Å²) in [7, 11) is -2.86. The Hall–Kier alpha value is -0.160. The summed E-state index contributed by atoms with van der Waals surface area (Å²) < 4.78 is 33.9. The van der Waals surface area contributed by atoms with Crippen LogP contribution in [0.2, 0.25) is 0 Å². The van der Waals surface area contributed by atoms with Crippen molar-refractivity contribution in [3.05, 3.63) is 0 Å². The first kappa shape index (κ1) is 9.92. The van der Waals surface area contributed by atoms with Gasteiger partial charge < -0.3 is 5.73 Å². The van der Waals surface area contributed by atoms with Gasteiger partial charge in [0.1, 0.15) is 0 Å². The molecule has 72 valence electrons. The Balaban J connectivity index is 2.46. The fourth-order valence-electron chi connectivity index (χ4n) is 1.52. The first-order valence-corrected chi connectivity index (χ1v) is 5.89. The molecule has 5 heteroatoms. The van der Waals surface area contributed by atoms with Gasteiger partial charge in [-0.15, -0.1) is 0 Å². The molecule has 0 aromatic rings. The first-order valence-electron chi connectivity index (χ1n) is 4.07. The van der Waals surface area contributed by atoms with Crippen LogP contribution in [0, 0.1) is 5.92 Å². The minimum absolute atomic E-state index is 0.0225. The zero-order chi connectivity index (χ0) is 9.19. The van der Waals surface area contributed by atoms with Gasteiger partial charge in [-0.3, -0.25) is 4.39 Å². The lowest BCUT2D eigenvalue weighted by Gasteiger charge is -2.15. The van der Waals surface area contributed by atoms with Crippen LogP contribution < -0.4 is 5.73 Å². The molecule has 12 heavy (non-hydrogen) atoms. The zero-order valence-electron chi connectivity index (χ0n) is 6.87. The Morgan fingerprint density at radius 1 is 1.58 bits per heavy atom. The molecule has 1 aliphatic heterocycles. The number of sulfone groups is 1. The quantitative estimate of drug-likeness (QED) is 0.695. The summed E-state index contributed by atoms with van der Waals surface area (Å²) in [5, 5.41) is 0. The molecule has 1 saturated heterocycles. The van der Waals surface area contributed by atoms with Crippen LogP contribution in [0.3, 0.4) is 0 Å². The lowest BCUT2D eigenvalue weighted by Crippen LogP contribution is -2.31. The van der Waals surface area contributed by atoms with Gasteiger partial charge in [0.05, 0.1) is 18.2 Å². The molecule has 0 amide bonds. The lowest BCUT2D eigenvalue weighted by molar-refractivity contribution is 0.374. The second-order valence-electron chi connectivity index (χ2n) is 3.30. The third-order valence-electron chi connectivity index (χ3n) is 2.32. The van der Waals surface area contributed by atoms with E-state index < -0.39 is 16.5 Å². The predicted octanol–water partition coefficient (Wildman–Crippen LogP) is 0.108. The highest BCUT2D eigenvalue weighted by molar-refractivity contribution is 7.91. The van der Waals surface area contributed by atoms with E-state index in [1.54, 1.807) is 0 Å². The van der Waals surface area contributed by atoms with Crippen molar-refractivity contribution in [3.63, 3.8) is 0 Å². The molecule has 0 spiro atoms. The van der Waals surface area contributed by atoms with E-state index >= 15 is 0 Å². The van der Waals surface area contributed by atoms with Crippen molar-refractivity contribution < 1.29 is 12.8 Å². The van der Waals surface area contributed by atoms with E-state index in [0.29, 0.717) is 6.42 Å². The average molecular weight is 195 g/mol. The van der Waals surface area contributed by atoms with Gasteiger partial charge in [0.15, 0.2) is 9.84 Å². The van der Waals surface area contributed by atoms with Crippen molar-refractivity contribution in [1.82, 2.24) is 0 Å². The molecule has 0 bridgehead atoms. The molecule has 3 nitrogen and oxygen atoms in total. The van der Waals surface area contributed by atoms with Crippen LogP contribution in [0.1, 0.15) is 12.8 Å². The highest BCUT2D eigenvalue weighted by Gasteiger charge is 2.31. The smallest absolute Gasteiger partial charge is 0.150 e. The number of alkyl halides is 1. The summed E-state index contributed by atoms with van der Waals surface area (Å²) in [5.74, 6) is 0.344. The maximum Gasteiger partial charge on any atom is 0.150 e. The molecule has 2 N–H and O–H groups in total. The van der Waals surface area contributed by atoms with E-state index in [2.05, 4.69) is 0 Å². The Labute approximate surface area is 72.1 Å². The third-order valence-corrected chi connectivity index (χ3v) is 4.11. The van der Waals surface area contributed by atoms with Crippen LogP contribution in [0.25, 0.3) is 0 Å². The molecule has 0 aliphatic carbocycles. The molecule has 1 aliphatic rings. The second-order valence-corrected chi connectivity index (χ2v) is 5.53. The zero-order valence-corrected chi connectivity index (χ0v) is 7.69. The minimum atomic E-state index is -2.86. The molecular weight excluding hydrogens is 181 g/mol. The van der Waals surface area contributed by atoms with Gasteiger partial charge in [-0.1, -0.05) is 0 Å². The topological polar surface area (TPSA) is 60.2 Å². The van der Waals surface area contributed by atoms with Gasteiger partial charge in [-0.25, -0.2) is 8.42 Å². The van der Waals surface area contributed by atoms with Gasteiger partial charge in [0.25, 0.3) is 0 Å². The molecule has 0 aromatic heterocycles. The van der Waals surface area contributed by atoms with E-state index in [0.717, 1.165) is 0 Å². The number of nitrogens with two attached hydrogens (primary N) is 1. The molecule has 1 rings (SSSR count). The normalized spacial score (nSPS) is 30.3. The summed E-state index contributed by atoms with van der Waals surface area (Å²) in [6.07, 6.45) is 0.879. The minimum Gasteiger partial charge on any atom is -0.327 e. The molecule has 0 saturated carbocycles. The van der Waals surface area contributed by atoms with E-state index in [1.807, 2.05) is 0 Å². The third kappa shape index (κ3) is 2.42. The fraction of sp³-hybridized carbons (Fsp3) is 1.00. The van der Waals surface area contributed by atoms with Crippen molar-refractivity contribution in [3.8, 4) is 0 Å². The van der Waals surface area contributed by atoms with Gasteiger partial charge in [0.2, 0.25) is 0 Å². The molecular formula is C7H14FNO2S. The van der Waals surface area contributed by atoms with Crippen LogP contribution in [0.4, 0.5) is 4.39 Å². The average Bonchev–Trinajstić information content (AvgIpc) is 2.31. The van der Waals surface area contributed by atoms with Crippen LogP contribution in [0.15, 0.2) is 0 Å². The van der Waals surface area contributed by atoms with Crippen LogP contribution in [0.5, 0.6) is 0 Å². The van der Waals surface area contributed by atoms with E-state index in [1.165, 1.54) is 0 Å². The molecule has 1 heterocycles. The Morgan fingerprint density at radius 2 is 2.25 bits per heavy atom. The molecule has 1 fully saturated rings. The maximum absolute atomic E-state index is 11.9. The van der Waals surface area contributed by atoms with E-state index in [9.17, 15) is 12.8 Å². The monoisotopic (exact) mass is 195 g/mol. The number of hydrogen-bond acceptors (Lipinski definition) is 3. The number of rotatable bonds is 3. The number of halogens is 1. The van der Waals surface area contributed by atoms with Gasteiger partial charge in [-0.05, 0) is 18.8 Å². The predicted molar refractivity (Wildman–Crippen MR) is 45.3 cm³/mol. The summed E-state index contributed by atoms with van der Waals surface area (Å²) in [6, 6.07) is -0.285. The first-order chi connectivity index (χ1) is 5.55. The van der Waals surface area contributed by atoms with Gasteiger partial charge in [-0.2, -0.15) is 0 Å². The van der Waals surface area contributed by atoms with Gasteiger partial charge in [0, 0.05) is 6.04 Å². The van der Waals surface area contributed by atoms with Crippen molar-refractivity contribution in [2.24, 2.45) is 11.7 Å². The van der Waals surface area contributed by atoms with Gasteiger partial charge >= 0.3 is 0 Å². The Morgan fingerprint density at radius 3 is 2.67 bits per heavy atom. The second kappa shape index (κ2) is 3.70. The number of hydrogen-bond donors (Lipinski definition) is 1. The highest BCUT2D eigenvalue weighted by atomic mass is 32.2. The molecule has 2 atom stereocenters. The van der Waals surface area contributed by atoms with Crippen LogP contribution >= 0.6 is 0 Å². The molecule has 0 aromatic carbocycles. The highest BCUT2D eigenvalue weighted by Crippen LogP contribution is 2.22. The summed E-state index contributed by atoms with van der Waals surface area (Å²) >= 11 is 0. The van der Waals surface area contributed by atoms with E-state index in [-0.39, 0.29) is 29.9 Å². The SMILES string of the molecule is NC(CCF)C1CCS(=O)(=O)C1. The van der Waals surface area contributed by atoms with Crippen molar-refractivity contribution in [2.75, 3.05) is 18.2 Å². The standard InChI is InChI=1S/C7H14FNO2S/c8-3-1-7(9)6-2-4-12(10,11)5-6/h6-7H,1-5,9H2. The Kier molecular flexibility index (Phi) is 3.06. The van der Waals surface area contributed by atoms with Crippen molar-refractivity contribution in [1.29, 1.82) is 0 Å². The lowest BCUT2D eigenvalue weighted by atomic mass is 9.98. The summed E-state index contributed by atoms with van der Waals surface area (Å²) in [4.78, 5) is 0.